The molecule has 0 aliphatic carbocycles. The van der Waals surface area contributed by atoms with E-state index in [9.17, 15) is 14.9 Å². The van der Waals surface area contributed by atoms with Crippen LogP contribution in [0.25, 0.3) is 0 Å². The molecule has 1 amide bonds. The van der Waals surface area contributed by atoms with Crippen LogP contribution in [0.4, 0.5) is 11.4 Å². The maximum Gasteiger partial charge on any atom is 0.270 e. The standard InChI is InChI=1S/C19H21ClN4O3/c1-22-8-10-23(11-9-22)15-4-2-14(3-5-15)13-21-19(25)17-12-16(24(26)27)6-7-18(17)20/h2-7,12H,8-11,13H2,1H3,(H,21,25). The molecule has 3 rings (SSSR count). The number of benzene rings is 2. The van der Waals surface area contributed by atoms with Gasteiger partial charge in [-0.15, -0.1) is 0 Å². The number of anilines is 1. The lowest BCUT2D eigenvalue weighted by Crippen LogP contribution is -2.44. The quantitative estimate of drug-likeness (QED) is 0.629. The average Bonchev–Trinajstić information content (AvgIpc) is 2.67. The van der Waals surface area contributed by atoms with Crippen molar-refractivity contribution in [2.75, 3.05) is 38.1 Å². The third-order valence-corrected chi connectivity index (χ3v) is 4.99. The highest BCUT2D eigenvalue weighted by molar-refractivity contribution is 6.33. The first-order chi connectivity index (χ1) is 12.9. The van der Waals surface area contributed by atoms with Crippen LogP contribution < -0.4 is 10.2 Å². The number of rotatable bonds is 5. The van der Waals surface area contributed by atoms with E-state index in [0.717, 1.165) is 31.7 Å². The van der Waals surface area contributed by atoms with Gasteiger partial charge in [-0.25, -0.2) is 0 Å². The number of hydrogen-bond donors (Lipinski definition) is 1. The average molecular weight is 389 g/mol. The second-order valence-electron chi connectivity index (χ2n) is 6.56. The Morgan fingerprint density at radius 1 is 1.15 bits per heavy atom. The number of carbonyl (C=O) groups is 1. The molecule has 1 heterocycles. The zero-order valence-electron chi connectivity index (χ0n) is 15.0. The van der Waals surface area contributed by atoms with Crippen LogP contribution in [-0.2, 0) is 6.54 Å². The summed E-state index contributed by atoms with van der Waals surface area (Å²) in [6, 6.07) is 11.9. The predicted molar refractivity (Wildman–Crippen MR) is 105 cm³/mol. The molecule has 7 nitrogen and oxygen atoms in total. The van der Waals surface area contributed by atoms with Crippen molar-refractivity contribution < 1.29 is 9.72 Å². The van der Waals surface area contributed by atoms with Gasteiger partial charge in [0, 0.05) is 50.5 Å². The van der Waals surface area contributed by atoms with E-state index in [-0.39, 0.29) is 16.3 Å². The maximum absolute atomic E-state index is 12.3. The number of nitro benzene ring substituents is 1. The van der Waals surface area contributed by atoms with Gasteiger partial charge < -0.3 is 15.1 Å². The van der Waals surface area contributed by atoms with Crippen LogP contribution in [0.15, 0.2) is 42.5 Å². The number of hydrogen-bond acceptors (Lipinski definition) is 5. The molecule has 0 unspecified atom stereocenters. The fourth-order valence-corrected chi connectivity index (χ4v) is 3.17. The van der Waals surface area contributed by atoms with Crippen molar-refractivity contribution in [3.63, 3.8) is 0 Å². The Kier molecular flexibility index (Phi) is 5.93. The first-order valence-corrected chi connectivity index (χ1v) is 9.06. The van der Waals surface area contributed by atoms with Crippen molar-refractivity contribution in [2.45, 2.75) is 6.54 Å². The van der Waals surface area contributed by atoms with Crippen LogP contribution in [0, 0.1) is 10.1 Å². The summed E-state index contributed by atoms with van der Waals surface area (Å²) < 4.78 is 0. The SMILES string of the molecule is CN1CCN(c2ccc(CNC(=O)c3cc([N+](=O)[O-])ccc3Cl)cc2)CC1. The van der Waals surface area contributed by atoms with Crippen molar-refractivity contribution in [2.24, 2.45) is 0 Å². The van der Waals surface area contributed by atoms with Gasteiger partial charge in [-0.05, 0) is 30.8 Å². The zero-order chi connectivity index (χ0) is 19.4. The van der Waals surface area contributed by atoms with E-state index in [1.807, 2.05) is 24.3 Å². The van der Waals surface area contributed by atoms with E-state index in [0.29, 0.717) is 6.54 Å². The number of nitrogens with zero attached hydrogens (tertiary/aromatic N) is 3. The molecular weight excluding hydrogens is 368 g/mol. The molecule has 0 atom stereocenters. The van der Waals surface area contributed by atoms with E-state index in [2.05, 4.69) is 22.2 Å². The summed E-state index contributed by atoms with van der Waals surface area (Å²) >= 11 is 6.00. The molecule has 0 saturated carbocycles. The summed E-state index contributed by atoms with van der Waals surface area (Å²) in [5, 5.41) is 13.8. The van der Waals surface area contributed by atoms with Gasteiger partial charge in [-0.3, -0.25) is 14.9 Å². The summed E-state index contributed by atoms with van der Waals surface area (Å²) in [5.74, 6) is -0.438. The molecular formula is C19H21ClN4O3. The normalized spacial score (nSPS) is 14.8. The van der Waals surface area contributed by atoms with Gasteiger partial charge in [0.25, 0.3) is 11.6 Å². The second kappa shape index (κ2) is 8.37. The van der Waals surface area contributed by atoms with E-state index in [1.165, 1.54) is 23.9 Å². The van der Waals surface area contributed by atoms with Gasteiger partial charge in [-0.1, -0.05) is 23.7 Å². The summed E-state index contributed by atoms with van der Waals surface area (Å²) in [7, 11) is 2.12. The topological polar surface area (TPSA) is 78.7 Å². The molecule has 0 radical (unpaired) electrons. The van der Waals surface area contributed by atoms with Gasteiger partial charge in [0.05, 0.1) is 15.5 Å². The Morgan fingerprint density at radius 2 is 1.81 bits per heavy atom. The minimum atomic E-state index is -0.551. The van der Waals surface area contributed by atoms with Crippen molar-refractivity contribution in [3.05, 3.63) is 68.7 Å². The Bertz CT molecular complexity index is 833. The zero-order valence-corrected chi connectivity index (χ0v) is 15.8. The number of carbonyl (C=O) groups excluding carboxylic acids is 1. The molecule has 2 aromatic rings. The summed E-state index contributed by atoms with van der Waals surface area (Å²) in [6.07, 6.45) is 0. The van der Waals surface area contributed by atoms with Crippen molar-refractivity contribution >= 4 is 28.9 Å². The lowest BCUT2D eigenvalue weighted by Gasteiger charge is -2.34. The molecule has 0 bridgehead atoms. The van der Waals surface area contributed by atoms with Crippen molar-refractivity contribution in [1.29, 1.82) is 0 Å². The van der Waals surface area contributed by atoms with Gasteiger partial charge in [0.2, 0.25) is 0 Å². The minimum absolute atomic E-state index is 0.0972. The molecule has 1 N–H and O–H groups in total. The monoisotopic (exact) mass is 388 g/mol. The van der Waals surface area contributed by atoms with Gasteiger partial charge in [0.1, 0.15) is 0 Å². The number of nitro groups is 1. The molecule has 142 valence electrons. The molecule has 1 fully saturated rings. The second-order valence-corrected chi connectivity index (χ2v) is 6.97. The number of non-ortho nitro benzene ring substituents is 1. The van der Waals surface area contributed by atoms with Crippen LogP contribution in [0.1, 0.15) is 15.9 Å². The van der Waals surface area contributed by atoms with Crippen LogP contribution in [-0.4, -0.2) is 49.0 Å². The highest BCUT2D eigenvalue weighted by Crippen LogP contribution is 2.22. The lowest BCUT2D eigenvalue weighted by molar-refractivity contribution is -0.384. The van der Waals surface area contributed by atoms with Gasteiger partial charge in [-0.2, -0.15) is 0 Å². The molecule has 1 aliphatic rings. The van der Waals surface area contributed by atoms with Crippen LogP contribution in [0.5, 0.6) is 0 Å². The number of piperazine rings is 1. The smallest absolute Gasteiger partial charge is 0.270 e. The maximum atomic E-state index is 12.3. The lowest BCUT2D eigenvalue weighted by atomic mass is 10.1. The number of halogens is 1. The molecule has 1 aliphatic heterocycles. The molecule has 0 spiro atoms. The Hall–Kier alpha value is -2.64. The molecule has 0 aromatic heterocycles. The molecule has 1 saturated heterocycles. The van der Waals surface area contributed by atoms with Gasteiger partial charge in [0.15, 0.2) is 0 Å². The predicted octanol–water partition coefficient (Wildman–Crippen LogP) is 2.93. The molecule has 27 heavy (non-hydrogen) atoms. The van der Waals surface area contributed by atoms with E-state index in [4.69, 9.17) is 11.6 Å². The fourth-order valence-electron chi connectivity index (χ4n) is 2.97. The van der Waals surface area contributed by atoms with E-state index >= 15 is 0 Å². The van der Waals surface area contributed by atoms with Crippen molar-refractivity contribution in [3.8, 4) is 0 Å². The summed E-state index contributed by atoms with van der Waals surface area (Å²) in [4.78, 5) is 27.3. The first kappa shape index (κ1) is 19.1. The summed E-state index contributed by atoms with van der Waals surface area (Å²) in [5.41, 5.74) is 2.05. The molecule has 8 heteroatoms. The van der Waals surface area contributed by atoms with Crippen LogP contribution in [0.2, 0.25) is 5.02 Å². The largest absolute Gasteiger partial charge is 0.369 e. The van der Waals surface area contributed by atoms with Crippen LogP contribution >= 0.6 is 11.6 Å². The van der Waals surface area contributed by atoms with E-state index in [1.54, 1.807) is 0 Å². The number of likely N-dealkylation sites (N-methyl/N-ethyl adjacent to an activating group) is 1. The third-order valence-electron chi connectivity index (χ3n) is 4.66. The Labute approximate surface area is 162 Å². The first-order valence-electron chi connectivity index (χ1n) is 8.68. The van der Waals surface area contributed by atoms with E-state index < -0.39 is 10.8 Å². The van der Waals surface area contributed by atoms with Crippen molar-refractivity contribution in [1.82, 2.24) is 10.2 Å². The Balaban J connectivity index is 1.61. The van der Waals surface area contributed by atoms with Gasteiger partial charge >= 0.3 is 0 Å². The fraction of sp³-hybridized carbons (Fsp3) is 0.316. The highest BCUT2D eigenvalue weighted by Gasteiger charge is 2.16. The highest BCUT2D eigenvalue weighted by atomic mass is 35.5. The number of nitrogens with one attached hydrogen (secondary N) is 1. The minimum Gasteiger partial charge on any atom is -0.369 e. The Morgan fingerprint density at radius 3 is 2.44 bits per heavy atom. The third kappa shape index (κ3) is 4.75. The summed E-state index contributed by atoms with van der Waals surface area (Å²) in [6.45, 7) is 4.40. The molecule has 2 aromatic carbocycles. The van der Waals surface area contributed by atoms with Crippen LogP contribution in [0.3, 0.4) is 0 Å². The number of amides is 1.